The zero-order valence-corrected chi connectivity index (χ0v) is 11.8. The normalized spacial score (nSPS) is 16.5. The lowest BCUT2D eigenvalue weighted by Crippen LogP contribution is -2.53. The number of nitrogens with one attached hydrogen (secondary N) is 2. The molecule has 114 valence electrons. The Labute approximate surface area is 117 Å². The zero-order chi connectivity index (χ0) is 15.2. The predicted molar refractivity (Wildman–Crippen MR) is 69.7 cm³/mol. The summed E-state index contributed by atoms with van der Waals surface area (Å²) < 4.78 is 5.13. The van der Waals surface area contributed by atoms with E-state index in [9.17, 15) is 14.4 Å². The molecule has 1 fully saturated rings. The molecule has 0 spiro atoms. The van der Waals surface area contributed by atoms with Crippen LogP contribution in [0.3, 0.4) is 0 Å². The van der Waals surface area contributed by atoms with Crippen LogP contribution in [0.25, 0.3) is 0 Å². The minimum atomic E-state index is -0.972. The van der Waals surface area contributed by atoms with Gasteiger partial charge in [0, 0.05) is 19.5 Å². The third-order valence-corrected chi connectivity index (χ3v) is 2.79. The Balaban J connectivity index is 2.33. The van der Waals surface area contributed by atoms with Crippen molar-refractivity contribution in [3.8, 4) is 0 Å². The number of urea groups is 1. The average Bonchev–Trinajstić information content (AvgIpc) is 2.26. The third-order valence-electron chi connectivity index (χ3n) is 2.79. The summed E-state index contributed by atoms with van der Waals surface area (Å²) >= 11 is 0. The molecule has 1 aliphatic rings. The molecule has 3 N–H and O–H groups in total. The number of nitrogens with zero attached hydrogens (tertiary/aromatic N) is 1. The summed E-state index contributed by atoms with van der Waals surface area (Å²) in [5.74, 6) is -1.47. The van der Waals surface area contributed by atoms with E-state index < -0.39 is 23.3 Å². The van der Waals surface area contributed by atoms with Crippen molar-refractivity contribution in [2.75, 3.05) is 26.3 Å². The first-order valence-electron chi connectivity index (χ1n) is 6.43. The van der Waals surface area contributed by atoms with E-state index in [1.807, 2.05) is 0 Å². The molecule has 1 aliphatic heterocycles. The minimum absolute atomic E-state index is 0.0319. The standard InChI is InChI=1S/C12H21N3O5/c1-12(2,8-10(17)18)7-9(16)13-11(19)14-15-3-5-20-6-4-15/h3-8H2,1-2H3,(H,17,18)(H2,13,14,16,19). The van der Waals surface area contributed by atoms with Crippen LogP contribution in [-0.4, -0.2) is 54.3 Å². The molecule has 0 atom stereocenters. The lowest BCUT2D eigenvalue weighted by atomic mass is 9.85. The number of imide groups is 1. The maximum Gasteiger partial charge on any atom is 0.335 e. The predicted octanol–water partition coefficient (Wildman–Crippen LogP) is -0.0496. The Hall–Kier alpha value is -1.67. The Morgan fingerprint density at radius 2 is 1.80 bits per heavy atom. The van der Waals surface area contributed by atoms with Gasteiger partial charge in [-0.15, -0.1) is 0 Å². The summed E-state index contributed by atoms with van der Waals surface area (Å²) in [5.41, 5.74) is 1.84. The molecule has 0 saturated carbocycles. The lowest BCUT2D eigenvalue weighted by molar-refractivity contribution is -0.139. The monoisotopic (exact) mass is 287 g/mol. The molecule has 0 aliphatic carbocycles. The minimum Gasteiger partial charge on any atom is -0.481 e. The molecule has 0 unspecified atom stereocenters. The van der Waals surface area contributed by atoms with Gasteiger partial charge in [0.1, 0.15) is 0 Å². The highest BCUT2D eigenvalue weighted by atomic mass is 16.5. The van der Waals surface area contributed by atoms with Crippen LogP contribution in [0.5, 0.6) is 0 Å². The fourth-order valence-electron chi connectivity index (χ4n) is 1.92. The van der Waals surface area contributed by atoms with Crippen molar-refractivity contribution in [3.05, 3.63) is 0 Å². The number of carbonyl (C=O) groups is 3. The summed E-state index contributed by atoms with van der Waals surface area (Å²) in [6.07, 6.45) is -0.165. The molecule has 0 radical (unpaired) electrons. The maximum absolute atomic E-state index is 11.7. The SMILES string of the molecule is CC(C)(CC(=O)O)CC(=O)NC(=O)NN1CCOCC1. The molecular weight excluding hydrogens is 266 g/mol. The van der Waals surface area contributed by atoms with Crippen molar-refractivity contribution in [3.63, 3.8) is 0 Å². The van der Waals surface area contributed by atoms with E-state index in [-0.39, 0.29) is 12.8 Å². The van der Waals surface area contributed by atoms with Gasteiger partial charge < -0.3 is 9.84 Å². The summed E-state index contributed by atoms with van der Waals surface area (Å²) in [6, 6.07) is -0.608. The van der Waals surface area contributed by atoms with Gasteiger partial charge in [-0.1, -0.05) is 13.8 Å². The first kappa shape index (κ1) is 16.4. The van der Waals surface area contributed by atoms with Gasteiger partial charge in [-0.25, -0.2) is 9.80 Å². The molecule has 8 heteroatoms. The first-order valence-corrected chi connectivity index (χ1v) is 6.43. The number of hydrogen-bond acceptors (Lipinski definition) is 5. The molecule has 20 heavy (non-hydrogen) atoms. The number of ether oxygens (including phenoxy) is 1. The van der Waals surface area contributed by atoms with Crippen LogP contribution in [0.2, 0.25) is 0 Å². The van der Waals surface area contributed by atoms with Crippen LogP contribution in [0.4, 0.5) is 4.79 Å². The lowest BCUT2D eigenvalue weighted by Gasteiger charge is -2.27. The number of hydrazine groups is 1. The summed E-state index contributed by atoms with van der Waals surface area (Å²) in [6.45, 7) is 5.51. The number of carboxylic acid groups (broad SMARTS) is 1. The van der Waals surface area contributed by atoms with Crippen LogP contribution in [-0.2, 0) is 14.3 Å². The molecule has 1 rings (SSSR count). The van der Waals surface area contributed by atoms with Crippen LogP contribution in [0.15, 0.2) is 0 Å². The highest BCUT2D eigenvalue weighted by molar-refractivity contribution is 5.94. The van der Waals surface area contributed by atoms with Crippen molar-refractivity contribution in [1.82, 2.24) is 15.8 Å². The van der Waals surface area contributed by atoms with Crippen LogP contribution < -0.4 is 10.7 Å². The average molecular weight is 287 g/mol. The second-order valence-electron chi connectivity index (χ2n) is 5.50. The number of amides is 3. The molecule has 0 bridgehead atoms. The quantitative estimate of drug-likeness (QED) is 0.654. The second-order valence-corrected chi connectivity index (χ2v) is 5.50. The molecular formula is C12H21N3O5. The molecule has 8 nitrogen and oxygen atoms in total. The van der Waals surface area contributed by atoms with Gasteiger partial charge in [-0.2, -0.15) is 0 Å². The highest BCUT2D eigenvalue weighted by Gasteiger charge is 2.26. The number of rotatable bonds is 5. The van der Waals surface area contributed by atoms with E-state index >= 15 is 0 Å². The third kappa shape index (κ3) is 6.48. The molecule has 0 aromatic heterocycles. The van der Waals surface area contributed by atoms with Crippen molar-refractivity contribution in [2.45, 2.75) is 26.7 Å². The summed E-state index contributed by atoms with van der Waals surface area (Å²) in [4.78, 5) is 33.9. The summed E-state index contributed by atoms with van der Waals surface area (Å²) in [7, 11) is 0. The van der Waals surface area contributed by atoms with Crippen molar-refractivity contribution in [2.24, 2.45) is 5.41 Å². The Kier molecular flexibility index (Phi) is 5.90. The van der Waals surface area contributed by atoms with Gasteiger partial charge in [0.2, 0.25) is 5.91 Å². The van der Waals surface area contributed by atoms with Gasteiger partial charge in [0.05, 0.1) is 19.6 Å². The first-order chi connectivity index (χ1) is 9.28. The van der Waals surface area contributed by atoms with E-state index in [1.165, 1.54) is 0 Å². The summed E-state index contributed by atoms with van der Waals surface area (Å²) in [5, 5.41) is 12.6. The van der Waals surface area contributed by atoms with E-state index in [4.69, 9.17) is 9.84 Å². The molecule has 3 amide bonds. The van der Waals surface area contributed by atoms with E-state index in [0.29, 0.717) is 26.3 Å². The number of aliphatic carboxylic acids is 1. The van der Waals surface area contributed by atoms with Crippen LogP contribution in [0, 0.1) is 5.41 Å². The van der Waals surface area contributed by atoms with Crippen molar-refractivity contribution < 1.29 is 24.2 Å². The maximum atomic E-state index is 11.7. The Bertz CT molecular complexity index is 377. The topological polar surface area (TPSA) is 108 Å². The molecule has 0 aromatic carbocycles. The van der Waals surface area contributed by atoms with Gasteiger partial charge in [0.25, 0.3) is 0 Å². The number of morpholine rings is 1. The van der Waals surface area contributed by atoms with Crippen LogP contribution in [0.1, 0.15) is 26.7 Å². The Morgan fingerprint density at radius 1 is 1.20 bits per heavy atom. The van der Waals surface area contributed by atoms with Gasteiger partial charge in [-0.05, 0) is 5.41 Å². The van der Waals surface area contributed by atoms with Crippen molar-refractivity contribution in [1.29, 1.82) is 0 Å². The Morgan fingerprint density at radius 3 is 2.35 bits per heavy atom. The highest BCUT2D eigenvalue weighted by Crippen LogP contribution is 2.24. The van der Waals surface area contributed by atoms with Gasteiger partial charge >= 0.3 is 12.0 Å². The van der Waals surface area contributed by atoms with Gasteiger partial charge in [-0.3, -0.25) is 20.3 Å². The molecule has 1 heterocycles. The fraction of sp³-hybridized carbons (Fsp3) is 0.750. The van der Waals surface area contributed by atoms with E-state index in [0.717, 1.165) is 0 Å². The second kappa shape index (κ2) is 7.20. The number of carbonyl (C=O) groups excluding carboxylic acids is 2. The van der Waals surface area contributed by atoms with Crippen LogP contribution >= 0.6 is 0 Å². The zero-order valence-electron chi connectivity index (χ0n) is 11.8. The number of hydrogen-bond donors (Lipinski definition) is 3. The van der Waals surface area contributed by atoms with Gasteiger partial charge in [0.15, 0.2) is 0 Å². The smallest absolute Gasteiger partial charge is 0.335 e. The van der Waals surface area contributed by atoms with Crippen molar-refractivity contribution >= 4 is 17.9 Å². The molecule has 0 aromatic rings. The van der Waals surface area contributed by atoms with E-state index in [1.54, 1.807) is 18.9 Å². The largest absolute Gasteiger partial charge is 0.481 e. The fourth-order valence-corrected chi connectivity index (χ4v) is 1.92. The van der Waals surface area contributed by atoms with E-state index in [2.05, 4.69) is 10.7 Å². The number of carboxylic acids is 1. The molecule has 1 saturated heterocycles.